The van der Waals surface area contributed by atoms with E-state index in [4.69, 9.17) is 10.1 Å². The number of likely N-dealkylation sites (N-methyl/N-ethyl adjacent to an activating group) is 1. The van der Waals surface area contributed by atoms with Gasteiger partial charge in [-0.05, 0) is 12.8 Å². The van der Waals surface area contributed by atoms with Gasteiger partial charge in [-0.15, -0.1) is 0 Å². The largest absolute Gasteiger partial charge is 0.497 e. The number of hydrogen-bond donors (Lipinski definition) is 2. The van der Waals surface area contributed by atoms with E-state index in [1.54, 1.807) is 11.9 Å². The number of ether oxygens (including phenoxy) is 1. The highest BCUT2D eigenvalue weighted by molar-refractivity contribution is 5.95. The van der Waals surface area contributed by atoms with E-state index in [1.807, 2.05) is 0 Å². The van der Waals surface area contributed by atoms with Gasteiger partial charge in [-0.1, -0.05) is 32.3 Å². The van der Waals surface area contributed by atoms with Crippen LogP contribution in [0.2, 0.25) is 0 Å². The zero-order chi connectivity index (χ0) is 14.1. The van der Waals surface area contributed by atoms with Crippen LogP contribution >= 0.6 is 0 Å². The van der Waals surface area contributed by atoms with Crippen molar-refractivity contribution in [3.63, 3.8) is 0 Å². The van der Waals surface area contributed by atoms with Crippen molar-refractivity contribution in [3.05, 3.63) is 12.3 Å². The Kier molecular flexibility index (Phi) is 7.00. The lowest BCUT2D eigenvalue weighted by atomic mass is 10.1. The van der Waals surface area contributed by atoms with Crippen LogP contribution in [0.3, 0.4) is 0 Å². The van der Waals surface area contributed by atoms with E-state index in [9.17, 15) is 4.79 Å². The molecule has 1 heterocycles. The van der Waals surface area contributed by atoms with Crippen molar-refractivity contribution in [1.29, 1.82) is 5.41 Å². The van der Waals surface area contributed by atoms with Crippen LogP contribution in [0.1, 0.15) is 44.9 Å². The van der Waals surface area contributed by atoms with Gasteiger partial charge in [-0.3, -0.25) is 15.5 Å². The van der Waals surface area contributed by atoms with Crippen LogP contribution in [-0.4, -0.2) is 37.0 Å². The standard InChI is InChI=1S/C14H25N3O2/c1-12-11-17(2)14(15)16-13(18)9-7-5-3-4-6-8-10-19-12/h1,3-11H2,2H3,(H2,15,16,18). The zero-order valence-electron chi connectivity index (χ0n) is 11.8. The summed E-state index contributed by atoms with van der Waals surface area (Å²) >= 11 is 0. The Balaban J connectivity index is 2.49. The topological polar surface area (TPSA) is 65.4 Å². The molecule has 5 heteroatoms. The predicted molar refractivity (Wildman–Crippen MR) is 75.9 cm³/mol. The number of nitrogens with one attached hydrogen (secondary N) is 2. The first-order valence-electron chi connectivity index (χ1n) is 6.99. The number of guanidine groups is 1. The summed E-state index contributed by atoms with van der Waals surface area (Å²) in [5.74, 6) is 0.652. The Bertz CT molecular complexity index is 329. The molecule has 0 radical (unpaired) electrons. The smallest absolute Gasteiger partial charge is 0.226 e. The minimum Gasteiger partial charge on any atom is -0.497 e. The summed E-state index contributed by atoms with van der Waals surface area (Å²) in [6.45, 7) is 4.95. The normalized spacial score (nSPS) is 21.1. The maximum Gasteiger partial charge on any atom is 0.226 e. The van der Waals surface area contributed by atoms with Crippen LogP contribution in [0.5, 0.6) is 0 Å². The Morgan fingerprint density at radius 1 is 1.21 bits per heavy atom. The van der Waals surface area contributed by atoms with Crippen LogP contribution in [0.25, 0.3) is 0 Å². The lowest BCUT2D eigenvalue weighted by Crippen LogP contribution is -2.42. The molecule has 2 N–H and O–H groups in total. The Labute approximate surface area is 115 Å². The molecule has 0 saturated carbocycles. The van der Waals surface area contributed by atoms with E-state index < -0.39 is 0 Å². The van der Waals surface area contributed by atoms with E-state index >= 15 is 0 Å². The molecule has 0 spiro atoms. The van der Waals surface area contributed by atoms with E-state index in [-0.39, 0.29) is 11.9 Å². The molecule has 1 aliphatic heterocycles. The van der Waals surface area contributed by atoms with Gasteiger partial charge >= 0.3 is 0 Å². The van der Waals surface area contributed by atoms with E-state index in [1.165, 1.54) is 6.42 Å². The van der Waals surface area contributed by atoms with Gasteiger partial charge in [-0.2, -0.15) is 0 Å². The molecule has 1 rings (SSSR count). The van der Waals surface area contributed by atoms with Crippen molar-refractivity contribution in [2.45, 2.75) is 44.9 Å². The van der Waals surface area contributed by atoms with Crippen LogP contribution in [-0.2, 0) is 9.53 Å². The van der Waals surface area contributed by atoms with Crippen LogP contribution in [0.4, 0.5) is 0 Å². The van der Waals surface area contributed by atoms with Gasteiger partial charge in [0.1, 0.15) is 5.76 Å². The molecule has 0 aliphatic carbocycles. The summed E-state index contributed by atoms with van der Waals surface area (Å²) in [4.78, 5) is 13.3. The highest BCUT2D eigenvalue weighted by Gasteiger charge is 2.10. The van der Waals surface area contributed by atoms with Crippen LogP contribution in [0.15, 0.2) is 12.3 Å². The molecule has 0 aromatic heterocycles. The van der Waals surface area contributed by atoms with Gasteiger partial charge in [0.2, 0.25) is 5.91 Å². The number of amides is 1. The molecule has 0 bridgehead atoms. The molecule has 1 saturated heterocycles. The van der Waals surface area contributed by atoms with Gasteiger partial charge in [0.15, 0.2) is 5.96 Å². The minimum absolute atomic E-state index is 0.0850. The minimum atomic E-state index is -0.0850. The molecule has 1 amide bonds. The van der Waals surface area contributed by atoms with Crippen molar-refractivity contribution in [3.8, 4) is 0 Å². The third-order valence-electron chi connectivity index (χ3n) is 3.16. The first-order chi connectivity index (χ1) is 9.09. The lowest BCUT2D eigenvalue weighted by Gasteiger charge is -2.21. The quantitative estimate of drug-likeness (QED) is 0.707. The lowest BCUT2D eigenvalue weighted by molar-refractivity contribution is -0.120. The summed E-state index contributed by atoms with van der Waals surface area (Å²) < 4.78 is 5.52. The molecule has 0 unspecified atom stereocenters. The van der Waals surface area contributed by atoms with Crippen molar-refractivity contribution in [1.82, 2.24) is 10.2 Å². The highest BCUT2D eigenvalue weighted by atomic mass is 16.5. The van der Waals surface area contributed by atoms with Gasteiger partial charge in [0, 0.05) is 13.5 Å². The molecule has 0 aromatic rings. The third kappa shape index (κ3) is 6.84. The monoisotopic (exact) mass is 267 g/mol. The van der Waals surface area contributed by atoms with Gasteiger partial charge in [-0.25, -0.2) is 0 Å². The molecule has 19 heavy (non-hydrogen) atoms. The Morgan fingerprint density at radius 2 is 1.84 bits per heavy atom. The fourth-order valence-corrected chi connectivity index (χ4v) is 1.99. The molecular weight excluding hydrogens is 242 g/mol. The molecule has 0 aromatic carbocycles. The maximum atomic E-state index is 11.6. The summed E-state index contributed by atoms with van der Waals surface area (Å²) in [6.07, 6.45) is 7.01. The molecule has 0 atom stereocenters. The maximum absolute atomic E-state index is 11.6. The first-order valence-corrected chi connectivity index (χ1v) is 6.99. The molecule has 1 fully saturated rings. The average molecular weight is 267 g/mol. The van der Waals surface area contributed by atoms with Crippen molar-refractivity contribution in [2.24, 2.45) is 0 Å². The zero-order valence-corrected chi connectivity index (χ0v) is 11.8. The van der Waals surface area contributed by atoms with Crippen molar-refractivity contribution >= 4 is 11.9 Å². The summed E-state index contributed by atoms with van der Waals surface area (Å²) in [6, 6.07) is 0. The van der Waals surface area contributed by atoms with Crippen molar-refractivity contribution in [2.75, 3.05) is 20.2 Å². The molecule has 1 aliphatic rings. The first kappa shape index (κ1) is 15.5. The molecular formula is C14H25N3O2. The Hall–Kier alpha value is -1.52. The van der Waals surface area contributed by atoms with E-state index in [0.29, 0.717) is 25.3 Å². The van der Waals surface area contributed by atoms with E-state index in [2.05, 4.69) is 11.9 Å². The molecule has 5 nitrogen and oxygen atoms in total. The van der Waals surface area contributed by atoms with Gasteiger partial charge in [0.25, 0.3) is 0 Å². The average Bonchev–Trinajstić information content (AvgIpc) is 2.35. The highest BCUT2D eigenvalue weighted by Crippen LogP contribution is 2.09. The third-order valence-corrected chi connectivity index (χ3v) is 3.16. The number of nitrogens with zero attached hydrogens (tertiary/aromatic N) is 1. The summed E-state index contributed by atoms with van der Waals surface area (Å²) in [5.41, 5.74) is 0. The Morgan fingerprint density at radius 3 is 2.58 bits per heavy atom. The SMILES string of the molecule is C=C1CN(C)C(=N)NC(=O)CCCCCCCCO1. The van der Waals surface area contributed by atoms with E-state index in [0.717, 1.165) is 32.1 Å². The second-order valence-corrected chi connectivity index (χ2v) is 5.01. The van der Waals surface area contributed by atoms with Crippen LogP contribution in [0, 0.1) is 5.41 Å². The molecule has 108 valence electrons. The fraction of sp³-hybridized carbons (Fsp3) is 0.714. The van der Waals surface area contributed by atoms with Gasteiger partial charge < -0.3 is 9.64 Å². The van der Waals surface area contributed by atoms with Gasteiger partial charge in [0.05, 0.1) is 13.2 Å². The number of carbonyl (C=O) groups is 1. The summed E-state index contributed by atoms with van der Waals surface area (Å²) in [7, 11) is 1.75. The fourth-order valence-electron chi connectivity index (χ4n) is 1.99. The summed E-state index contributed by atoms with van der Waals surface area (Å²) in [5, 5.41) is 10.4. The van der Waals surface area contributed by atoms with Crippen LogP contribution < -0.4 is 5.32 Å². The number of hydrogen-bond acceptors (Lipinski definition) is 3. The second-order valence-electron chi connectivity index (χ2n) is 5.01. The van der Waals surface area contributed by atoms with Crippen molar-refractivity contribution < 1.29 is 9.53 Å². The number of carbonyl (C=O) groups excluding carboxylic acids is 1. The number of rotatable bonds is 0. The second kappa shape index (κ2) is 8.56. The predicted octanol–water partition coefficient (Wildman–Crippen LogP) is 2.24.